The summed E-state index contributed by atoms with van der Waals surface area (Å²) in [6, 6.07) is 4.93. The highest BCUT2D eigenvalue weighted by molar-refractivity contribution is 7.99. The fourth-order valence-corrected chi connectivity index (χ4v) is 3.12. The predicted octanol–water partition coefficient (Wildman–Crippen LogP) is 3.49. The SMILES string of the molecule is c1cc(SCCNC2CCCCCC2)ccn1. The Hall–Kier alpha value is -0.540. The molecule has 0 bridgehead atoms. The van der Waals surface area contributed by atoms with Crippen molar-refractivity contribution in [3.63, 3.8) is 0 Å². The minimum absolute atomic E-state index is 0.774. The molecular weight excluding hydrogens is 228 g/mol. The van der Waals surface area contributed by atoms with Crippen LogP contribution in [-0.4, -0.2) is 23.3 Å². The van der Waals surface area contributed by atoms with Crippen LogP contribution in [-0.2, 0) is 0 Å². The van der Waals surface area contributed by atoms with E-state index in [-0.39, 0.29) is 0 Å². The lowest BCUT2D eigenvalue weighted by Gasteiger charge is -2.15. The van der Waals surface area contributed by atoms with E-state index in [4.69, 9.17) is 0 Å². The molecule has 1 heterocycles. The van der Waals surface area contributed by atoms with Crippen LogP contribution in [0.1, 0.15) is 38.5 Å². The van der Waals surface area contributed by atoms with Gasteiger partial charge in [-0.15, -0.1) is 11.8 Å². The van der Waals surface area contributed by atoms with Gasteiger partial charge < -0.3 is 5.32 Å². The Morgan fingerprint density at radius 1 is 1.12 bits per heavy atom. The molecule has 0 unspecified atom stereocenters. The fraction of sp³-hybridized carbons (Fsp3) is 0.643. The maximum Gasteiger partial charge on any atom is 0.0278 e. The lowest BCUT2D eigenvalue weighted by molar-refractivity contribution is 0.474. The standard InChI is InChI=1S/C14H22N2S/c1-2-4-6-13(5-3-1)16-11-12-17-14-7-9-15-10-8-14/h7-10,13,16H,1-6,11-12H2. The summed E-state index contributed by atoms with van der Waals surface area (Å²) in [4.78, 5) is 5.35. The molecule has 0 spiro atoms. The van der Waals surface area contributed by atoms with Crippen molar-refractivity contribution in [1.82, 2.24) is 10.3 Å². The Labute approximate surface area is 109 Å². The van der Waals surface area contributed by atoms with Crippen LogP contribution in [0, 0.1) is 0 Å². The summed E-state index contributed by atoms with van der Waals surface area (Å²) >= 11 is 1.91. The van der Waals surface area contributed by atoms with Gasteiger partial charge in [0.2, 0.25) is 0 Å². The molecule has 3 heteroatoms. The van der Waals surface area contributed by atoms with E-state index >= 15 is 0 Å². The molecule has 1 aliphatic rings. The average molecular weight is 250 g/mol. The number of pyridine rings is 1. The summed E-state index contributed by atoms with van der Waals surface area (Å²) in [6.07, 6.45) is 12.2. The first-order chi connectivity index (χ1) is 8.45. The molecule has 1 aromatic rings. The maximum atomic E-state index is 4.03. The van der Waals surface area contributed by atoms with E-state index in [1.165, 1.54) is 43.4 Å². The van der Waals surface area contributed by atoms with E-state index in [9.17, 15) is 0 Å². The third-order valence-electron chi connectivity index (χ3n) is 3.31. The Bertz CT molecular complexity index is 294. The monoisotopic (exact) mass is 250 g/mol. The smallest absolute Gasteiger partial charge is 0.0278 e. The first-order valence-corrected chi connectivity index (χ1v) is 7.70. The third-order valence-corrected chi connectivity index (χ3v) is 4.32. The molecular formula is C14H22N2S. The number of hydrogen-bond donors (Lipinski definition) is 1. The molecule has 0 radical (unpaired) electrons. The van der Waals surface area contributed by atoms with E-state index < -0.39 is 0 Å². The van der Waals surface area contributed by atoms with Gasteiger partial charge >= 0.3 is 0 Å². The lowest BCUT2D eigenvalue weighted by atomic mass is 10.1. The number of rotatable bonds is 5. The molecule has 2 rings (SSSR count). The number of nitrogens with zero attached hydrogens (tertiary/aromatic N) is 1. The van der Waals surface area contributed by atoms with E-state index in [2.05, 4.69) is 22.4 Å². The largest absolute Gasteiger partial charge is 0.313 e. The molecule has 2 nitrogen and oxygen atoms in total. The molecule has 1 fully saturated rings. The molecule has 1 saturated carbocycles. The minimum atomic E-state index is 0.774. The first-order valence-electron chi connectivity index (χ1n) is 6.71. The highest BCUT2D eigenvalue weighted by atomic mass is 32.2. The molecule has 1 N–H and O–H groups in total. The average Bonchev–Trinajstić information content (AvgIpc) is 2.65. The molecule has 0 aliphatic heterocycles. The van der Waals surface area contributed by atoms with Crippen LogP contribution >= 0.6 is 11.8 Å². The van der Waals surface area contributed by atoms with Crippen molar-refractivity contribution in [3.05, 3.63) is 24.5 Å². The van der Waals surface area contributed by atoms with Crippen molar-refractivity contribution in [2.24, 2.45) is 0 Å². The van der Waals surface area contributed by atoms with Gasteiger partial charge in [0.15, 0.2) is 0 Å². The fourth-order valence-electron chi connectivity index (χ4n) is 2.35. The first kappa shape index (κ1) is 12.9. The Morgan fingerprint density at radius 3 is 2.53 bits per heavy atom. The van der Waals surface area contributed by atoms with E-state index in [0.29, 0.717) is 0 Å². The van der Waals surface area contributed by atoms with Crippen molar-refractivity contribution in [1.29, 1.82) is 0 Å². The molecule has 17 heavy (non-hydrogen) atoms. The number of nitrogens with one attached hydrogen (secondary N) is 1. The minimum Gasteiger partial charge on any atom is -0.313 e. The van der Waals surface area contributed by atoms with Crippen LogP contribution in [0.4, 0.5) is 0 Å². The highest BCUT2D eigenvalue weighted by Gasteiger charge is 2.10. The van der Waals surface area contributed by atoms with Gasteiger partial charge in [0.25, 0.3) is 0 Å². The lowest BCUT2D eigenvalue weighted by Crippen LogP contribution is -2.30. The second-order valence-corrected chi connectivity index (χ2v) is 5.84. The van der Waals surface area contributed by atoms with Crippen molar-refractivity contribution in [2.45, 2.75) is 49.5 Å². The van der Waals surface area contributed by atoms with Gasteiger partial charge in [-0.25, -0.2) is 0 Å². The summed E-state index contributed by atoms with van der Waals surface area (Å²) < 4.78 is 0. The van der Waals surface area contributed by atoms with Gasteiger partial charge in [-0.3, -0.25) is 4.98 Å². The van der Waals surface area contributed by atoms with Crippen molar-refractivity contribution in [2.75, 3.05) is 12.3 Å². The molecule has 0 atom stereocenters. The Balaban J connectivity index is 1.59. The number of aromatic nitrogens is 1. The normalized spacial score (nSPS) is 17.9. The van der Waals surface area contributed by atoms with Crippen LogP contribution in [0.2, 0.25) is 0 Å². The van der Waals surface area contributed by atoms with Gasteiger partial charge in [0, 0.05) is 35.6 Å². The van der Waals surface area contributed by atoms with Crippen LogP contribution in [0.5, 0.6) is 0 Å². The molecule has 0 aromatic carbocycles. The Morgan fingerprint density at radius 2 is 1.82 bits per heavy atom. The van der Waals surface area contributed by atoms with Crippen molar-refractivity contribution >= 4 is 11.8 Å². The van der Waals surface area contributed by atoms with Gasteiger partial charge in [0.1, 0.15) is 0 Å². The maximum absolute atomic E-state index is 4.03. The summed E-state index contributed by atoms with van der Waals surface area (Å²) in [6.45, 7) is 1.12. The third kappa shape index (κ3) is 5.09. The van der Waals surface area contributed by atoms with E-state index in [0.717, 1.165) is 18.3 Å². The second-order valence-electron chi connectivity index (χ2n) is 4.67. The van der Waals surface area contributed by atoms with E-state index in [1.54, 1.807) is 0 Å². The molecule has 1 aromatic heterocycles. The Kier molecular flexibility index (Phi) is 5.86. The van der Waals surface area contributed by atoms with Crippen molar-refractivity contribution < 1.29 is 0 Å². The van der Waals surface area contributed by atoms with Crippen LogP contribution in [0.25, 0.3) is 0 Å². The van der Waals surface area contributed by atoms with Crippen LogP contribution < -0.4 is 5.32 Å². The van der Waals surface area contributed by atoms with Crippen molar-refractivity contribution in [3.8, 4) is 0 Å². The molecule has 0 saturated heterocycles. The summed E-state index contributed by atoms with van der Waals surface area (Å²) in [7, 11) is 0. The van der Waals surface area contributed by atoms with Crippen LogP contribution in [0.15, 0.2) is 29.4 Å². The summed E-state index contributed by atoms with van der Waals surface area (Å²) in [5.74, 6) is 1.15. The van der Waals surface area contributed by atoms with E-state index in [1.807, 2.05) is 24.2 Å². The van der Waals surface area contributed by atoms with Gasteiger partial charge in [-0.2, -0.15) is 0 Å². The molecule has 0 amide bonds. The zero-order chi connectivity index (χ0) is 11.8. The summed E-state index contributed by atoms with van der Waals surface area (Å²) in [5, 5.41) is 3.70. The van der Waals surface area contributed by atoms with Gasteiger partial charge in [-0.1, -0.05) is 25.7 Å². The van der Waals surface area contributed by atoms with Gasteiger partial charge in [0.05, 0.1) is 0 Å². The van der Waals surface area contributed by atoms with Gasteiger partial charge in [-0.05, 0) is 25.0 Å². The molecule has 1 aliphatic carbocycles. The predicted molar refractivity (Wildman–Crippen MR) is 74.5 cm³/mol. The summed E-state index contributed by atoms with van der Waals surface area (Å²) in [5.41, 5.74) is 0. The highest BCUT2D eigenvalue weighted by Crippen LogP contribution is 2.18. The van der Waals surface area contributed by atoms with Crippen LogP contribution in [0.3, 0.4) is 0 Å². The topological polar surface area (TPSA) is 24.9 Å². The second kappa shape index (κ2) is 7.72. The number of thioether (sulfide) groups is 1. The zero-order valence-electron chi connectivity index (χ0n) is 10.4. The molecule has 94 valence electrons. The number of hydrogen-bond acceptors (Lipinski definition) is 3. The quantitative estimate of drug-likeness (QED) is 0.492. The zero-order valence-corrected chi connectivity index (χ0v) is 11.2.